The van der Waals surface area contributed by atoms with Crippen LogP contribution >= 0.6 is 11.3 Å². The van der Waals surface area contributed by atoms with Gasteiger partial charge in [0, 0.05) is 17.7 Å². The highest BCUT2D eigenvalue weighted by atomic mass is 32.1. The van der Waals surface area contributed by atoms with Gasteiger partial charge in [-0.15, -0.1) is 11.3 Å². The number of phenols is 1. The highest BCUT2D eigenvalue weighted by molar-refractivity contribution is 7.12. The third-order valence-electron chi connectivity index (χ3n) is 8.84. The van der Waals surface area contributed by atoms with Gasteiger partial charge in [0.25, 0.3) is 5.91 Å². The Labute approximate surface area is 268 Å². The smallest absolute Gasteiger partial charge is 0.269 e. The number of rotatable bonds is 3. The summed E-state index contributed by atoms with van der Waals surface area (Å²) in [6.45, 7) is 12.3. The average molecular weight is 623 g/mol. The molecule has 2 atom stereocenters. The summed E-state index contributed by atoms with van der Waals surface area (Å²) in [7, 11) is 0. The summed E-state index contributed by atoms with van der Waals surface area (Å²) in [5.74, 6) is -0.493. The molecule has 0 radical (unpaired) electrons. The molecule has 2 N–H and O–H groups in total. The van der Waals surface area contributed by atoms with Crippen molar-refractivity contribution in [3.05, 3.63) is 122 Å². The van der Waals surface area contributed by atoms with Gasteiger partial charge in [-0.3, -0.25) is 14.5 Å². The first kappa shape index (κ1) is 30.8. The van der Waals surface area contributed by atoms with Crippen LogP contribution in [0, 0.1) is 5.82 Å². The number of Topliss-reactive ketones (excluding diaryl/α,β-unsaturated/α-hetero) is 1. The first-order valence-corrected chi connectivity index (χ1v) is 16.2. The van der Waals surface area contributed by atoms with Gasteiger partial charge >= 0.3 is 0 Å². The Morgan fingerprint density at radius 2 is 1.53 bits per heavy atom. The highest BCUT2D eigenvalue weighted by Gasteiger charge is 2.43. The predicted octanol–water partition coefficient (Wildman–Crippen LogP) is 9.40. The second kappa shape index (κ2) is 11.3. The van der Waals surface area contributed by atoms with E-state index in [4.69, 9.17) is 0 Å². The topological polar surface area (TPSA) is 69.6 Å². The van der Waals surface area contributed by atoms with E-state index in [1.165, 1.54) is 23.5 Å². The van der Waals surface area contributed by atoms with Crippen LogP contribution in [0.25, 0.3) is 0 Å². The van der Waals surface area contributed by atoms with Crippen LogP contribution in [-0.2, 0) is 15.6 Å². The maximum Gasteiger partial charge on any atom is 0.269 e. The molecule has 0 spiro atoms. The maximum absolute atomic E-state index is 14.6. The summed E-state index contributed by atoms with van der Waals surface area (Å²) in [4.78, 5) is 31.4. The lowest BCUT2D eigenvalue weighted by atomic mass is 9.74. The molecular weight excluding hydrogens is 583 g/mol. The summed E-state index contributed by atoms with van der Waals surface area (Å²) in [6.07, 6.45) is 0.755. The van der Waals surface area contributed by atoms with Crippen LogP contribution in [-0.4, -0.2) is 16.8 Å². The summed E-state index contributed by atoms with van der Waals surface area (Å²) in [6, 6.07) is 20.9. The number of benzene rings is 3. The van der Waals surface area contributed by atoms with Crippen molar-refractivity contribution in [2.24, 2.45) is 0 Å². The number of para-hydroxylation sites is 2. The monoisotopic (exact) mass is 622 g/mol. The number of ketones is 1. The minimum atomic E-state index is -0.754. The zero-order valence-electron chi connectivity index (χ0n) is 26.6. The lowest BCUT2D eigenvalue weighted by molar-refractivity contribution is -0.116. The summed E-state index contributed by atoms with van der Waals surface area (Å²) >= 11 is 1.37. The Hall–Kier alpha value is -4.23. The van der Waals surface area contributed by atoms with Crippen LogP contribution in [0.15, 0.2) is 89.4 Å². The molecular formula is C38H39FN2O3S. The van der Waals surface area contributed by atoms with Crippen molar-refractivity contribution in [1.29, 1.82) is 0 Å². The molecule has 3 aromatic carbocycles. The molecule has 0 saturated heterocycles. The molecule has 45 heavy (non-hydrogen) atoms. The SMILES string of the molecule is CC(C)(C)c1cc(C2C3=C(CC(c4ccc(F)cc4)CC3=O)Nc3ccccc3N2C(=O)c2cccs2)cc(C(C)(C)C)c1O. The third kappa shape index (κ3) is 5.70. The van der Waals surface area contributed by atoms with Crippen molar-refractivity contribution in [3.63, 3.8) is 0 Å². The normalized spacial score (nSPS) is 18.6. The van der Waals surface area contributed by atoms with E-state index < -0.39 is 16.9 Å². The summed E-state index contributed by atoms with van der Waals surface area (Å²) in [5, 5.41) is 17.0. The molecule has 7 heteroatoms. The predicted molar refractivity (Wildman–Crippen MR) is 180 cm³/mol. The molecule has 232 valence electrons. The van der Waals surface area contributed by atoms with Crippen molar-refractivity contribution in [2.45, 2.75) is 77.2 Å². The van der Waals surface area contributed by atoms with Crippen LogP contribution in [0.2, 0.25) is 0 Å². The Kier molecular flexibility index (Phi) is 7.72. The average Bonchev–Trinajstić information content (AvgIpc) is 3.46. The number of anilines is 2. The fraction of sp³-hybridized carbons (Fsp3) is 0.316. The lowest BCUT2D eigenvalue weighted by Gasteiger charge is -2.37. The fourth-order valence-electron chi connectivity index (χ4n) is 6.58. The quantitative estimate of drug-likeness (QED) is 0.239. The van der Waals surface area contributed by atoms with Gasteiger partial charge in [0.2, 0.25) is 0 Å². The molecule has 0 fully saturated rings. The molecule has 2 unspecified atom stereocenters. The standard InChI is InChI=1S/C38H39FN2O3S/c1-37(2,3)26-18-24(19-27(35(26)43)38(4,5)6)34-33-29(20-23(21-31(33)42)22-13-15-25(39)16-14-22)40-28-10-7-8-11-30(28)41(34)36(44)32-12-9-17-45-32/h7-19,23,34,40,43H,20-21H2,1-6H3. The third-order valence-corrected chi connectivity index (χ3v) is 9.70. The van der Waals surface area contributed by atoms with Crippen LogP contribution in [0.4, 0.5) is 15.8 Å². The summed E-state index contributed by atoms with van der Waals surface area (Å²) < 4.78 is 13.8. The molecule has 5 nitrogen and oxygen atoms in total. The molecule has 6 rings (SSSR count). The minimum absolute atomic E-state index is 0.0671. The number of hydrogen-bond donors (Lipinski definition) is 2. The molecule has 4 aromatic rings. The summed E-state index contributed by atoms with van der Waals surface area (Å²) in [5.41, 5.74) is 5.06. The van der Waals surface area contributed by atoms with Crippen LogP contribution in [0.3, 0.4) is 0 Å². The van der Waals surface area contributed by atoms with Crippen LogP contribution < -0.4 is 10.2 Å². The number of amides is 1. The van der Waals surface area contributed by atoms with Crippen molar-refractivity contribution >= 4 is 34.4 Å². The van der Waals surface area contributed by atoms with Gasteiger partial charge in [0.15, 0.2) is 5.78 Å². The number of carbonyl (C=O) groups is 2. The van der Waals surface area contributed by atoms with Gasteiger partial charge in [0.05, 0.1) is 22.3 Å². The highest BCUT2D eigenvalue weighted by Crippen LogP contribution is 2.50. The van der Waals surface area contributed by atoms with E-state index in [-0.39, 0.29) is 35.6 Å². The first-order chi connectivity index (χ1) is 21.2. The molecule has 1 amide bonds. The van der Waals surface area contributed by atoms with Gasteiger partial charge in [0.1, 0.15) is 11.6 Å². The van der Waals surface area contributed by atoms with Gasteiger partial charge < -0.3 is 10.4 Å². The van der Waals surface area contributed by atoms with Crippen molar-refractivity contribution in [3.8, 4) is 5.75 Å². The number of thiophene rings is 1. The zero-order chi connectivity index (χ0) is 32.3. The first-order valence-electron chi connectivity index (χ1n) is 15.4. The molecule has 1 aliphatic heterocycles. The number of hydrogen-bond acceptors (Lipinski definition) is 5. The van der Waals surface area contributed by atoms with E-state index in [9.17, 15) is 19.1 Å². The molecule has 2 aliphatic rings. The van der Waals surface area contributed by atoms with E-state index in [0.29, 0.717) is 22.6 Å². The van der Waals surface area contributed by atoms with E-state index in [1.54, 1.807) is 17.0 Å². The van der Waals surface area contributed by atoms with E-state index in [2.05, 4.69) is 46.9 Å². The Bertz CT molecular complexity index is 1780. The van der Waals surface area contributed by atoms with Crippen LogP contribution in [0.1, 0.15) is 98.3 Å². The number of fused-ring (bicyclic) bond motifs is 1. The van der Waals surface area contributed by atoms with E-state index >= 15 is 0 Å². The van der Waals surface area contributed by atoms with Gasteiger partial charge in [-0.05, 0) is 93.3 Å². The van der Waals surface area contributed by atoms with Gasteiger partial charge in [-0.2, -0.15) is 0 Å². The van der Waals surface area contributed by atoms with Gasteiger partial charge in [-0.1, -0.05) is 71.9 Å². The molecule has 1 aliphatic carbocycles. The van der Waals surface area contributed by atoms with E-state index in [0.717, 1.165) is 33.6 Å². The number of nitrogens with one attached hydrogen (secondary N) is 1. The van der Waals surface area contributed by atoms with Crippen molar-refractivity contribution in [1.82, 2.24) is 0 Å². The van der Waals surface area contributed by atoms with Crippen LogP contribution in [0.5, 0.6) is 5.75 Å². The molecule has 0 saturated carbocycles. The van der Waals surface area contributed by atoms with E-state index in [1.807, 2.05) is 53.9 Å². The minimum Gasteiger partial charge on any atom is -0.507 e. The van der Waals surface area contributed by atoms with Crippen molar-refractivity contribution in [2.75, 3.05) is 10.2 Å². The second-order valence-corrected chi connectivity index (χ2v) is 15.1. The number of allylic oxidation sites excluding steroid dienone is 1. The number of phenolic OH excluding ortho intramolecular Hbond substituents is 1. The van der Waals surface area contributed by atoms with Crippen molar-refractivity contribution < 1.29 is 19.1 Å². The number of halogens is 1. The lowest BCUT2D eigenvalue weighted by Crippen LogP contribution is -2.38. The molecule has 0 bridgehead atoms. The van der Waals surface area contributed by atoms with Gasteiger partial charge in [-0.25, -0.2) is 4.39 Å². The number of aromatic hydroxyl groups is 1. The maximum atomic E-state index is 14.6. The molecule has 1 aromatic heterocycles. The Morgan fingerprint density at radius 1 is 0.889 bits per heavy atom. The second-order valence-electron chi connectivity index (χ2n) is 14.1. The number of carbonyl (C=O) groups excluding carboxylic acids is 2. The number of nitrogens with zero attached hydrogens (tertiary/aromatic N) is 1. The Balaban J connectivity index is 1.65. The Morgan fingerprint density at radius 3 is 2.13 bits per heavy atom. The fourth-order valence-corrected chi connectivity index (χ4v) is 7.24. The molecule has 2 heterocycles. The largest absolute Gasteiger partial charge is 0.507 e. The zero-order valence-corrected chi connectivity index (χ0v) is 27.4.